The number of benzene rings is 3. The fourth-order valence-electron chi connectivity index (χ4n) is 2.22. The highest BCUT2D eigenvalue weighted by Crippen LogP contribution is 2.27. The lowest BCUT2D eigenvalue weighted by Crippen LogP contribution is -2.12. The third-order valence-electron chi connectivity index (χ3n) is 2.95. The molecule has 3 aromatic rings. The lowest BCUT2D eigenvalue weighted by molar-refractivity contribution is 0.100. The molecule has 0 aliphatic heterocycles. The summed E-state index contributed by atoms with van der Waals surface area (Å²) in [7, 11) is 0. The second-order valence-electron chi connectivity index (χ2n) is 3.98. The molecule has 1 amide bonds. The van der Waals surface area contributed by atoms with Crippen molar-refractivity contribution in [3.8, 4) is 0 Å². The number of nitrogens with two attached hydrogens (primary N) is 1. The van der Waals surface area contributed by atoms with Crippen LogP contribution < -0.4 is 5.73 Å². The highest BCUT2D eigenvalue weighted by molar-refractivity contribution is 6.17. The summed E-state index contributed by atoms with van der Waals surface area (Å²) in [6.45, 7) is 0. The van der Waals surface area contributed by atoms with Crippen molar-refractivity contribution in [3.63, 3.8) is 0 Å². The molecule has 0 bridgehead atoms. The zero-order valence-electron chi connectivity index (χ0n) is 9.10. The molecule has 3 aromatic carbocycles. The van der Waals surface area contributed by atoms with Crippen LogP contribution >= 0.6 is 0 Å². The lowest BCUT2D eigenvalue weighted by Gasteiger charge is -2.08. The Kier molecular flexibility index (Phi) is 2.08. The van der Waals surface area contributed by atoms with Crippen molar-refractivity contribution in [2.45, 2.75) is 0 Å². The molecule has 0 spiro atoms. The summed E-state index contributed by atoms with van der Waals surface area (Å²) in [5, 5.41) is 3.79. The predicted molar refractivity (Wildman–Crippen MR) is 68.8 cm³/mol. The van der Waals surface area contributed by atoms with Crippen LogP contribution in [0.5, 0.6) is 0 Å². The smallest absolute Gasteiger partial charge is 0.249 e. The molecule has 0 aliphatic carbocycles. The molecule has 0 aliphatic rings. The number of hydrogen-bond donors (Lipinski definition) is 1. The monoisotopic (exact) mass is 220 g/mol. The molecular weight excluding hydrogens is 210 g/mol. The average Bonchev–Trinajstić information content (AvgIpc) is 2.35. The Balaban J connectivity index is 2.61. The number of hydrogen-bond acceptors (Lipinski definition) is 1. The van der Waals surface area contributed by atoms with E-state index in [2.05, 4.69) is 6.07 Å². The molecule has 17 heavy (non-hydrogen) atoms. The van der Waals surface area contributed by atoms with Gasteiger partial charge in [-0.3, -0.25) is 4.79 Å². The third kappa shape index (κ3) is 1.46. The molecule has 0 aromatic heterocycles. The van der Waals surface area contributed by atoms with Crippen LogP contribution in [-0.2, 0) is 0 Å². The van der Waals surface area contributed by atoms with E-state index in [9.17, 15) is 4.79 Å². The molecule has 2 heteroatoms. The van der Waals surface area contributed by atoms with E-state index < -0.39 is 5.91 Å². The van der Waals surface area contributed by atoms with Crippen molar-refractivity contribution >= 4 is 27.5 Å². The van der Waals surface area contributed by atoms with Gasteiger partial charge in [-0.15, -0.1) is 0 Å². The molecule has 81 valence electrons. The summed E-state index contributed by atoms with van der Waals surface area (Å²) in [5.41, 5.74) is 6.09. The van der Waals surface area contributed by atoms with Gasteiger partial charge in [0.2, 0.25) is 5.91 Å². The van der Waals surface area contributed by atoms with E-state index in [1.165, 1.54) is 0 Å². The molecular formula is C15H10NO. The van der Waals surface area contributed by atoms with Gasteiger partial charge < -0.3 is 5.73 Å². The van der Waals surface area contributed by atoms with Gasteiger partial charge in [0.25, 0.3) is 0 Å². The maximum atomic E-state index is 11.6. The Morgan fingerprint density at radius 3 is 2.65 bits per heavy atom. The van der Waals surface area contributed by atoms with Crippen LogP contribution in [0.3, 0.4) is 0 Å². The van der Waals surface area contributed by atoms with Gasteiger partial charge in [-0.2, -0.15) is 0 Å². The average molecular weight is 220 g/mol. The largest absolute Gasteiger partial charge is 0.366 e. The van der Waals surface area contributed by atoms with E-state index in [0.29, 0.717) is 5.56 Å². The molecule has 0 atom stereocenters. The molecule has 2 nitrogen and oxygen atoms in total. The van der Waals surface area contributed by atoms with Gasteiger partial charge in [-0.05, 0) is 39.7 Å². The highest BCUT2D eigenvalue weighted by atomic mass is 16.1. The van der Waals surface area contributed by atoms with Crippen molar-refractivity contribution in [2.24, 2.45) is 5.73 Å². The Morgan fingerprint density at radius 1 is 1.06 bits per heavy atom. The van der Waals surface area contributed by atoms with Gasteiger partial charge in [0.05, 0.1) is 5.56 Å². The SMILES string of the molecule is NC(=O)c1c2cc[c]cc2cc2ccccc12. The summed E-state index contributed by atoms with van der Waals surface area (Å²) in [6.07, 6.45) is 0. The minimum atomic E-state index is -0.391. The van der Waals surface area contributed by atoms with E-state index in [0.717, 1.165) is 21.5 Å². The van der Waals surface area contributed by atoms with Crippen LogP contribution in [0.4, 0.5) is 0 Å². The second-order valence-corrected chi connectivity index (χ2v) is 3.98. The summed E-state index contributed by atoms with van der Waals surface area (Å²) >= 11 is 0. The van der Waals surface area contributed by atoms with Crippen molar-refractivity contribution in [1.29, 1.82) is 0 Å². The summed E-state index contributed by atoms with van der Waals surface area (Å²) in [4.78, 5) is 11.6. The Morgan fingerprint density at radius 2 is 1.82 bits per heavy atom. The third-order valence-corrected chi connectivity index (χ3v) is 2.95. The first kappa shape index (κ1) is 9.85. The number of rotatable bonds is 1. The summed E-state index contributed by atoms with van der Waals surface area (Å²) in [6, 6.07) is 18.4. The quantitative estimate of drug-likeness (QED) is 0.629. The fraction of sp³-hybridized carbons (Fsp3) is 0. The van der Waals surface area contributed by atoms with E-state index in [1.807, 2.05) is 42.5 Å². The first-order chi connectivity index (χ1) is 8.27. The predicted octanol–water partition coefficient (Wildman–Crippen LogP) is 2.89. The minimum Gasteiger partial charge on any atom is -0.366 e. The molecule has 1 radical (unpaired) electrons. The Bertz CT molecular complexity index is 677. The van der Waals surface area contributed by atoms with Crippen LogP contribution in [-0.4, -0.2) is 5.91 Å². The van der Waals surface area contributed by atoms with Crippen molar-refractivity contribution in [1.82, 2.24) is 0 Å². The maximum Gasteiger partial charge on any atom is 0.249 e. The van der Waals surface area contributed by atoms with Crippen LogP contribution in [0, 0.1) is 6.07 Å². The molecule has 0 fully saturated rings. The summed E-state index contributed by atoms with van der Waals surface area (Å²) < 4.78 is 0. The van der Waals surface area contributed by atoms with Gasteiger partial charge >= 0.3 is 0 Å². The molecule has 2 N–H and O–H groups in total. The summed E-state index contributed by atoms with van der Waals surface area (Å²) in [5.74, 6) is -0.391. The van der Waals surface area contributed by atoms with Gasteiger partial charge in [-0.25, -0.2) is 0 Å². The van der Waals surface area contributed by atoms with Crippen LogP contribution in [0.25, 0.3) is 21.5 Å². The lowest BCUT2D eigenvalue weighted by atomic mass is 9.96. The maximum absolute atomic E-state index is 11.6. The number of primary amides is 1. The normalized spacial score (nSPS) is 10.8. The number of carbonyl (C=O) groups is 1. The van der Waals surface area contributed by atoms with E-state index in [1.54, 1.807) is 6.07 Å². The second kappa shape index (κ2) is 3.59. The zero-order valence-corrected chi connectivity index (χ0v) is 9.10. The van der Waals surface area contributed by atoms with Crippen molar-refractivity contribution in [2.75, 3.05) is 0 Å². The molecule has 0 unspecified atom stereocenters. The van der Waals surface area contributed by atoms with E-state index in [4.69, 9.17) is 5.73 Å². The minimum absolute atomic E-state index is 0.391. The fourth-order valence-corrected chi connectivity index (χ4v) is 2.22. The van der Waals surface area contributed by atoms with Gasteiger partial charge in [0.1, 0.15) is 0 Å². The van der Waals surface area contributed by atoms with Crippen molar-refractivity contribution in [3.05, 3.63) is 60.2 Å². The topological polar surface area (TPSA) is 43.1 Å². The first-order valence-corrected chi connectivity index (χ1v) is 5.39. The number of fused-ring (bicyclic) bond motifs is 2. The van der Waals surface area contributed by atoms with Crippen LogP contribution in [0.15, 0.2) is 48.5 Å². The van der Waals surface area contributed by atoms with Gasteiger partial charge in [0.15, 0.2) is 0 Å². The van der Waals surface area contributed by atoms with Crippen LogP contribution in [0.1, 0.15) is 10.4 Å². The highest BCUT2D eigenvalue weighted by Gasteiger charge is 2.11. The number of amides is 1. The molecule has 0 saturated carbocycles. The number of carbonyl (C=O) groups excluding carboxylic acids is 1. The van der Waals surface area contributed by atoms with Gasteiger partial charge in [-0.1, -0.05) is 36.4 Å². The first-order valence-electron chi connectivity index (χ1n) is 5.39. The molecule has 3 rings (SSSR count). The van der Waals surface area contributed by atoms with E-state index >= 15 is 0 Å². The van der Waals surface area contributed by atoms with E-state index in [-0.39, 0.29) is 0 Å². The Labute approximate surface area is 98.7 Å². The molecule has 0 heterocycles. The van der Waals surface area contributed by atoms with Crippen LogP contribution in [0.2, 0.25) is 0 Å². The Hall–Kier alpha value is -2.35. The standard InChI is InChI=1S/C15H10NO/c16-15(17)14-12-7-3-1-5-10(12)9-11-6-2-4-8-13(11)14/h1,3-9H,(H2,16,17). The zero-order chi connectivity index (χ0) is 11.8. The van der Waals surface area contributed by atoms with Gasteiger partial charge in [0, 0.05) is 0 Å². The molecule has 0 saturated heterocycles. The van der Waals surface area contributed by atoms with Crippen molar-refractivity contribution < 1.29 is 4.79 Å².